The zero-order valence-electron chi connectivity index (χ0n) is 17.9. The molecule has 5 rings (SSSR count). The van der Waals surface area contributed by atoms with Gasteiger partial charge in [0.2, 0.25) is 12.5 Å². The van der Waals surface area contributed by atoms with E-state index >= 15 is 0 Å². The third-order valence-electron chi connectivity index (χ3n) is 4.48. The van der Waals surface area contributed by atoms with Gasteiger partial charge in [-0.05, 0) is 76.9 Å². The van der Waals surface area contributed by atoms with Gasteiger partial charge in [-0.3, -0.25) is 0 Å². The summed E-state index contributed by atoms with van der Waals surface area (Å²) in [7, 11) is 3.02. The number of methoxy groups -OCH3 is 2. The van der Waals surface area contributed by atoms with Crippen molar-refractivity contribution in [3.8, 4) is 44.7 Å². The van der Waals surface area contributed by atoms with E-state index in [2.05, 4.69) is 8.75 Å². The smallest absolute Gasteiger partial charge is 0.388 e. The molecule has 0 saturated carbocycles. The third-order valence-corrected chi connectivity index (χ3v) is 7.89. The van der Waals surface area contributed by atoms with Gasteiger partial charge in [-0.25, -0.2) is 8.94 Å². The number of ether oxygens (including phenoxy) is 4. The molecule has 0 unspecified atom stereocenters. The lowest BCUT2D eigenvalue weighted by molar-refractivity contribution is 0.171. The molecule has 0 spiro atoms. The Labute approximate surface area is 207 Å². The molecule has 0 amide bonds. The van der Waals surface area contributed by atoms with E-state index in [9.17, 15) is 14.4 Å². The lowest BCUT2D eigenvalue weighted by Gasteiger charge is -2.10. The molecule has 0 atom stereocenters. The zero-order valence-corrected chi connectivity index (χ0v) is 21.2. The summed E-state index contributed by atoms with van der Waals surface area (Å²) in [5.74, 6) is 2.15. The van der Waals surface area contributed by atoms with Crippen LogP contribution in [0.5, 0.6) is 23.0 Å². The number of benzene rings is 2. The molecule has 2 aromatic heterocycles. The first-order chi connectivity index (χ1) is 16.4. The summed E-state index contributed by atoms with van der Waals surface area (Å²) in [5.41, 5.74) is 2.27. The van der Waals surface area contributed by atoms with Gasteiger partial charge in [-0.1, -0.05) is 0 Å². The van der Waals surface area contributed by atoms with Crippen LogP contribution < -0.4 is 18.9 Å². The second-order valence-electron chi connectivity index (χ2n) is 6.62. The maximum Gasteiger partial charge on any atom is 0.388 e. The SMILES string of the molecule is COc1ccc(-c2cc(-c3cc(OC)c4c(c3)OCO4)sn2)cc1SP(=O)(O)O.c1cnsc1. The number of hydrogen-bond acceptors (Lipinski definition) is 10. The molecule has 4 aromatic rings. The highest BCUT2D eigenvalue weighted by atomic mass is 32.7. The minimum atomic E-state index is -4.32. The van der Waals surface area contributed by atoms with Gasteiger partial charge in [0.25, 0.3) is 0 Å². The molecule has 0 fully saturated rings. The van der Waals surface area contributed by atoms with Crippen molar-refractivity contribution in [1.29, 1.82) is 0 Å². The fourth-order valence-corrected chi connectivity index (χ4v) is 6.00. The van der Waals surface area contributed by atoms with E-state index in [1.54, 1.807) is 31.5 Å². The van der Waals surface area contributed by atoms with Crippen molar-refractivity contribution < 1.29 is 33.3 Å². The van der Waals surface area contributed by atoms with Crippen molar-refractivity contribution >= 4 is 41.2 Å². The Morgan fingerprint density at radius 1 is 1.06 bits per heavy atom. The van der Waals surface area contributed by atoms with E-state index in [-0.39, 0.29) is 6.79 Å². The number of rotatable bonds is 6. The minimum absolute atomic E-state index is 0.148. The molecule has 3 heterocycles. The van der Waals surface area contributed by atoms with Gasteiger partial charge < -0.3 is 28.7 Å². The van der Waals surface area contributed by atoms with E-state index in [0.29, 0.717) is 45.0 Å². The van der Waals surface area contributed by atoms with Crippen LogP contribution in [0.25, 0.3) is 21.7 Å². The maximum atomic E-state index is 11.4. The lowest BCUT2D eigenvalue weighted by Crippen LogP contribution is -1.93. The molecule has 34 heavy (non-hydrogen) atoms. The summed E-state index contributed by atoms with van der Waals surface area (Å²) in [5, 5.41) is 1.93. The number of hydrogen-bond donors (Lipinski definition) is 2. The van der Waals surface area contributed by atoms with Crippen LogP contribution in [0.1, 0.15) is 0 Å². The minimum Gasteiger partial charge on any atom is -0.496 e. The van der Waals surface area contributed by atoms with Crippen LogP contribution in [0, 0.1) is 0 Å². The van der Waals surface area contributed by atoms with Crippen LogP contribution in [-0.4, -0.2) is 39.5 Å². The van der Waals surface area contributed by atoms with Crippen molar-refractivity contribution in [2.75, 3.05) is 21.0 Å². The van der Waals surface area contributed by atoms with E-state index < -0.39 is 6.80 Å². The van der Waals surface area contributed by atoms with Crippen LogP contribution in [0.3, 0.4) is 0 Å². The van der Waals surface area contributed by atoms with Crippen LogP contribution in [-0.2, 0) is 4.57 Å². The van der Waals surface area contributed by atoms with Gasteiger partial charge in [0, 0.05) is 22.7 Å². The molecule has 0 bridgehead atoms. The Balaban J connectivity index is 0.000000486. The predicted octanol–water partition coefficient (Wildman–Crippen LogP) is 5.55. The summed E-state index contributed by atoms with van der Waals surface area (Å²) in [4.78, 5) is 19.8. The van der Waals surface area contributed by atoms with Crippen LogP contribution in [0.15, 0.2) is 58.9 Å². The average molecular weight is 539 g/mol. The average Bonchev–Trinajstić information content (AvgIpc) is 3.60. The van der Waals surface area contributed by atoms with Gasteiger partial charge >= 0.3 is 6.80 Å². The van der Waals surface area contributed by atoms with Gasteiger partial charge in [-0.2, -0.15) is 4.37 Å². The fraction of sp³-hybridized carbons (Fsp3) is 0.143. The highest BCUT2D eigenvalue weighted by Crippen LogP contribution is 2.57. The quantitative estimate of drug-likeness (QED) is 0.302. The Hall–Kier alpha value is -2.60. The van der Waals surface area contributed by atoms with Gasteiger partial charge in [0.1, 0.15) is 5.75 Å². The zero-order chi connectivity index (χ0) is 24.1. The topological polar surface area (TPSA) is 120 Å². The summed E-state index contributed by atoms with van der Waals surface area (Å²) in [6.45, 7) is -4.17. The van der Waals surface area contributed by atoms with Crippen LogP contribution in [0.4, 0.5) is 0 Å². The van der Waals surface area contributed by atoms with E-state index in [4.69, 9.17) is 18.9 Å². The monoisotopic (exact) mass is 538 g/mol. The molecule has 0 saturated heterocycles. The maximum absolute atomic E-state index is 11.4. The number of fused-ring (bicyclic) bond motifs is 1. The summed E-state index contributed by atoms with van der Waals surface area (Å²) >= 11 is 3.21. The molecular formula is C21H19N2O7PS3. The summed E-state index contributed by atoms with van der Waals surface area (Å²) in [6.07, 6.45) is 1.77. The van der Waals surface area contributed by atoms with Crippen molar-refractivity contribution in [1.82, 2.24) is 8.75 Å². The van der Waals surface area contributed by atoms with Crippen molar-refractivity contribution in [3.63, 3.8) is 0 Å². The first-order valence-corrected chi connectivity index (χ1v) is 14.2. The molecule has 178 valence electrons. The third kappa shape index (κ3) is 5.90. The van der Waals surface area contributed by atoms with Crippen molar-refractivity contribution in [2.24, 2.45) is 0 Å². The van der Waals surface area contributed by atoms with E-state index in [0.717, 1.165) is 16.0 Å². The Kier molecular flexibility index (Phi) is 7.77. The van der Waals surface area contributed by atoms with Crippen LogP contribution >= 0.6 is 41.2 Å². The molecule has 2 aromatic carbocycles. The molecule has 1 aliphatic heterocycles. The first kappa shape index (κ1) is 24.5. The highest BCUT2D eigenvalue weighted by Gasteiger charge is 2.22. The van der Waals surface area contributed by atoms with Crippen molar-refractivity contribution in [2.45, 2.75) is 4.90 Å². The first-order valence-electron chi connectivity index (χ1n) is 9.60. The molecule has 13 heteroatoms. The molecular weight excluding hydrogens is 519 g/mol. The molecule has 0 aliphatic carbocycles. The lowest BCUT2D eigenvalue weighted by atomic mass is 10.1. The van der Waals surface area contributed by atoms with Gasteiger partial charge in [0.15, 0.2) is 11.5 Å². The largest absolute Gasteiger partial charge is 0.496 e. The molecule has 1 aliphatic rings. The Morgan fingerprint density at radius 3 is 2.53 bits per heavy atom. The van der Waals surface area contributed by atoms with Gasteiger partial charge in [-0.15, -0.1) is 0 Å². The van der Waals surface area contributed by atoms with Gasteiger partial charge in [0.05, 0.1) is 29.7 Å². The predicted molar refractivity (Wildman–Crippen MR) is 132 cm³/mol. The number of nitrogens with zero attached hydrogens (tertiary/aromatic N) is 2. The summed E-state index contributed by atoms with van der Waals surface area (Å²) < 4.78 is 41.2. The fourth-order valence-electron chi connectivity index (χ4n) is 3.03. The highest BCUT2D eigenvalue weighted by molar-refractivity contribution is 8.54. The van der Waals surface area contributed by atoms with Crippen LogP contribution in [0.2, 0.25) is 0 Å². The molecule has 0 radical (unpaired) electrons. The second kappa shape index (κ2) is 10.8. The molecule has 9 nitrogen and oxygen atoms in total. The van der Waals surface area contributed by atoms with Crippen molar-refractivity contribution in [3.05, 3.63) is 54.0 Å². The summed E-state index contributed by atoms with van der Waals surface area (Å²) in [6, 6.07) is 12.6. The molecule has 2 N–H and O–H groups in total. The normalized spacial score (nSPS) is 12.1. The Morgan fingerprint density at radius 2 is 1.88 bits per heavy atom. The van der Waals surface area contributed by atoms with E-state index in [1.165, 1.54) is 30.2 Å². The Bertz CT molecular complexity index is 1290. The second-order valence-corrected chi connectivity index (χ2v) is 11.7. The van der Waals surface area contributed by atoms with E-state index in [1.807, 2.05) is 29.6 Å². The number of aromatic nitrogens is 2. The standard InChI is InChI=1S/C18H16NO7PS2.C3H3NS/c1-23-13-4-3-10(7-17(13)29-27(20,21)22)12-8-16(28-19-12)11-5-14(24-2)18-15(6-11)25-9-26-18;1-2-4-5-3-1/h3-8H,9H2,1-2H3,(H2,20,21,22);1-3H.